The fourth-order valence-corrected chi connectivity index (χ4v) is 1.91. The third-order valence-electron chi connectivity index (χ3n) is 3.34. The summed E-state index contributed by atoms with van der Waals surface area (Å²) in [6.45, 7) is 3.69. The highest BCUT2D eigenvalue weighted by Gasteiger charge is 2.22. The van der Waals surface area contributed by atoms with Gasteiger partial charge in [-0.15, -0.1) is 0 Å². The van der Waals surface area contributed by atoms with Crippen LogP contribution in [0.25, 0.3) is 0 Å². The van der Waals surface area contributed by atoms with Gasteiger partial charge in [0.2, 0.25) is 5.91 Å². The standard InChI is InChI=1S/C14H19ClN4O/c1-9(6-7-16)19(3)10(2)14(20)18-13-5-4-11(15)8-12(13)17/h4-5,8-10H,6,17H2,1-3H3,(H,18,20). The second kappa shape index (κ2) is 7.13. The van der Waals surface area contributed by atoms with Gasteiger partial charge in [0.05, 0.1) is 29.9 Å². The van der Waals surface area contributed by atoms with Crippen LogP contribution in [0.1, 0.15) is 20.3 Å². The van der Waals surface area contributed by atoms with Crippen molar-refractivity contribution in [2.45, 2.75) is 32.4 Å². The zero-order valence-corrected chi connectivity index (χ0v) is 12.6. The van der Waals surface area contributed by atoms with Crippen LogP contribution in [0.4, 0.5) is 11.4 Å². The molecule has 20 heavy (non-hydrogen) atoms. The summed E-state index contributed by atoms with van der Waals surface area (Å²) in [5.74, 6) is -0.175. The van der Waals surface area contributed by atoms with Crippen LogP contribution in [0.2, 0.25) is 5.02 Å². The molecule has 6 heteroatoms. The van der Waals surface area contributed by atoms with Gasteiger partial charge in [-0.3, -0.25) is 9.69 Å². The van der Waals surface area contributed by atoms with Gasteiger partial charge < -0.3 is 11.1 Å². The number of nitrogens with one attached hydrogen (secondary N) is 1. The average molecular weight is 295 g/mol. The maximum absolute atomic E-state index is 12.2. The Morgan fingerprint density at radius 1 is 1.55 bits per heavy atom. The summed E-state index contributed by atoms with van der Waals surface area (Å²) in [6, 6.07) is 6.66. The van der Waals surface area contributed by atoms with Gasteiger partial charge in [-0.05, 0) is 39.1 Å². The first kappa shape index (κ1) is 16.3. The SMILES string of the molecule is CC(CC#N)N(C)C(C)C(=O)Nc1ccc(Cl)cc1N. The van der Waals surface area contributed by atoms with E-state index in [1.807, 2.05) is 18.9 Å². The highest BCUT2D eigenvalue weighted by Crippen LogP contribution is 2.23. The van der Waals surface area contributed by atoms with Crippen LogP contribution < -0.4 is 11.1 Å². The van der Waals surface area contributed by atoms with Crippen molar-refractivity contribution in [3.63, 3.8) is 0 Å². The van der Waals surface area contributed by atoms with Crippen LogP contribution in [0.3, 0.4) is 0 Å². The topological polar surface area (TPSA) is 82.2 Å². The number of hydrogen-bond acceptors (Lipinski definition) is 4. The normalized spacial score (nSPS) is 13.6. The van der Waals surface area contributed by atoms with Gasteiger partial charge in [0, 0.05) is 11.1 Å². The first-order valence-electron chi connectivity index (χ1n) is 6.31. The zero-order chi connectivity index (χ0) is 15.3. The molecule has 108 valence electrons. The predicted octanol–water partition coefficient (Wildman–Crippen LogP) is 2.48. The number of carbonyl (C=O) groups excluding carboxylic acids is 1. The van der Waals surface area contributed by atoms with Gasteiger partial charge in [-0.1, -0.05) is 11.6 Å². The quantitative estimate of drug-likeness (QED) is 0.817. The fourth-order valence-electron chi connectivity index (χ4n) is 1.73. The van der Waals surface area contributed by atoms with Crippen LogP contribution in [0.5, 0.6) is 0 Å². The lowest BCUT2D eigenvalue weighted by Gasteiger charge is -2.28. The third-order valence-corrected chi connectivity index (χ3v) is 3.58. The summed E-state index contributed by atoms with van der Waals surface area (Å²) in [7, 11) is 1.82. The van der Waals surface area contributed by atoms with Crippen LogP contribution in [-0.4, -0.2) is 29.9 Å². The number of hydrogen-bond donors (Lipinski definition) is 2. The molecule has 3 N–H and O–H groups in total. The van der Waals surface area contributed by atoms with Crippen LogP contribution in [0.15, 0.2) is 18.2 Å². The van der Waals surface area contributed by atoms with E-state index in [1.165, 1.54) is 0 Å². The third kappa shape index (κ3) is 4.12. The maximum Gasteiger partial charge on any atom is 0.241 e. The molecule has 0 aliphatic carbocycles. The van der Waals surface area contributed by atoms with Crippen LogP contribution in [-0.2, 0) is 4.79 Å². The number of nitrogens with zero attached hydrogens (tertiary/aromatic N) is 2. The molecule has 0 heterocycles. The van der Waals surface area contributed by atoms with Crippen molar-refractivity contribution in [3.8, 4) is 6.07 Å². The molecule has 0 bridgehead atoms. The summed E-state index contributed by atoms with van der Waals surface area (Å²) in [5, 5.41) is 12.0. The number of rotatable bonds is 5. The number of halogens is 1. The van der Waals surface area contributed by atoms with E-state index >= 15 is 0 Å². The highest BCUT2D eigenvalue weighted by atomic mass is 35.5. The Kier molecular flexibility index (Phi) is 5.81. The molecule has 0 fully saturated rings. The van der Waals surface area contributed by atoms with E-state index in [2.05, 4.69) is 11.4 Å². The second-order valence-electron chi connectivity index (χ2n) is 4.77. The molecule has 2 atom stereocenters. The average Bonchev–Trinajstić information content (AvgIpc) is 2.40. The lowest BCUT2D eigenvalue weighted by molar-refractivity contribution is -0.120. The predicted molar refractivity (Wildman–Crippen MR) is 81.4 cm³/mol. The second-order valence-corrected chi connectivity index (χ2v) is 5.21. The number of nitriles is 1. The first-order chi connectivity index (χ1) is 9.36. The van der Waals surface area contributed by atoms with E-state index in [1.54, 1.807) is 25.1 Å². The molecule has 0 spiro atoms. The highest BCUT2D eigenvalue weighted by molar-refractivity contribution is 6.31. The van der Waals surface area contributed by atoms with E-state index in [0.29, 0.717) is 22.8 Å². The summed E-state index contributed by atoms with van der Waals surface area (Å²) >= 11 is 5.81. The number of carbonyl (C=O) groups is 1. The van der Waals surface area contributed by atoms with Gasteiger partial charge in [0.15, 0.2) is 0 Å². The summed E-state index contributed by atoms with van der Waals surface area (Å²) in [4.78, 5) is 14.0. The van der Waals surface area contributed by atoms with Crippen molar-refractivity contribution >= 4 is 28.9 Å². The molecule has 1 amide bonds. The lowest BCUT2D eigenvalue weighted by Crippen LogP contribution is -2.44. The van der Waals surface area contributed by atoms with Crippen LogP contribution in [0, 0.1) is 11.3 Å². The summed E-state index contributed by atoms with van der Waals surface area (Å²) in [5.41, 5.74) is 6.75. The molecule has 1 aromatic carbocycles. The molecule has 0 aliphatic heterocycles. The molecule has 0 aliphatic rings. The number of nitrogens with two attached hydrogens (primary N) is 1. The minimum absolute atomic E-state index is 0.00307. The Balaban J connectivity index is 2.73. The first-order valence-corrected chi connectivity index (χ1v) is 6.69. The molecule has 0 saturated heterocycles. The Morgan fingerprint density at radius 2 is 2.20 bits per heavy atom. The monoisotopic (exact) mass is 294 g/mol. The molecule has 1 rings (SSSR count). The van der Waals surface area contributed by atoms with Crippen molar-refractivity contribution in [2.24, 2.45) is 0 Å². The lowest BCUT2D eigenvalue weighted by atomic mass is 10.1. The van der Waals surface area contributed by atoms with Crippen molar-refractivity contribution in [3.05, 3.63) is 23.2 Å². The summed E-state index contributed by atoms with van der Waals surface area (Å²) in [6.07, 6.45) is 0.372. The van der Waals surface area contributed by atoms with Crippen molar-refractivity contribution < 1.29 is 4.79 Å². The van der Waals surface area contributed by atoms with Gasteiger partial charge >= 0.3 is 0 Å². The van der Waals surface area contributed by atoms with Crippen LogP contribution >= 0.6 is 11.6 Å². The number of amides is 1. The number of anilines is 2. The van der Waals surface area contributed by atoms with Crippen molar-refractivity contribution in [1.29, 1.82) is 5.26 Å². The van der Waals surface area contributed by atoms with Gasteiger partial charge in [-0.25, -0.2) is 0 Å². The number of nitrogen functional groups attached to an aromatic ring is 1. The fraction of sp³-hybridized carbons (Fsp3) is 0.429. The molecule has 0 radical (unpaired) electrons. The molecule has 5 nitrogen and oxygen atoms in total. The molecular formula is C14H19ClN4O. The summed E-state index contributed by atoms with van der Waals surface area (Å²) < 4.78 is 0. The minimum atomic E-state index is -0.367. The molecule has 0 saturated carbocycles. The van der Waals surface area contributed by atoms with E-state index in [-0.39, 0.29) is 18.0 Å². The number of likely N-dealkylation sites (N-methyl/N-ethyl adjacent to an activating group) is 1. The number of benzene rings is 1. The molecular weight excluding hydrogens is 276 g/mol. The maximum atomic E-state index is 12.2. The van der Waals surface area contributed by atoms with Gasteiger partial charge in [-0.2, -0.15) is 5.26 Å². The van der Waals surface area contributed by atoms with Crippen molar-refractivity contribution in [1.82, 2.24) is 4.90 Å². The van der Waals surface area contributed by atoms with E-state index in [4.69, 9.17) is 22.6 Å². The van der Waals surface area contributed by atoms with Gasteiger partial charge in [0.1, 0.15) is 0 Å². The van der Waals surface area contributed by atoms with Crippen molar-refractivity contribution in [2.75, 3.05) is 18.1 Å². The molecule has 1 aromatic rings. The Morgan fingerprint density at radius 3 is 2.75 bits per heavy atom. The zero-order valence-electron chi connectivity index (χ0n) is 11.9. The molecule has 0 aromatic heterocycles. The Hall–Kier alpha value is -1.77. The van der Waals surface area contributed by atoms with Gasteiger partial charge in [0.25, 0.3) is 0 Å². The van der Waals surface area contributed by atoms with E-state index < -0.39 is 0 Å². The molecule has 2 unspecified atom stereocenters. The smallest absolute Gasteiger partial charge is 0.241 e. The largest absolute Gasteiger partial charge is 0.397 e. The van der Waals surface area contributed by atoms with E-state index in [0.717, 1.165) is 0 Å². The Labute approximate surface area is 124 Å². The minimum Gasteiger partial charge on any atom is -0.397 e. The van der Waals surface area contributed by atoms with E-state index in [9.17, 15) is 4.79 Å². The Bertz CT molecular complexity index is 526.